The predicted molar refractivity (Wildman–Crippen MR) is 97.8 cm³/mol. The van der Waals surface area contributed by atoms with E-state index in [4.69, 9.17) is 4.74 Å². The van der Waals surface area contributed by atoms with Crippen molar-refractivity contribution in [1.29, 1.82) is 0 Å². The van der Waals surface area contributed by atoms with Crippen molar-refractivity contribution in [2.24, 2.45) is 0 Å². The Morgan fingerprint density at radius 1 is 1.12 bits per heavy atom. The van der Waals surface area contributed by atoms with Gasteiger partial charge in [0, 0.05) is 16.3 Å². The molecule has 6 heteroatoms. The van der Waals surface area contributed by atoms with Gasteiger partial charge in [-0.25, -0.2) is 4.79 Å². The second-order valence-corrected chi connectivity index (χ2v) is 6.83. The van der Waals surface area contributed by atoms with Crippen molar-refractivity contribution in [1.82, 2.24) is 0 Å². The summed E-state index contributed by atoms with van der Waals surface area (Å²) in [5.41, 5.74) is 1.42. The average molecular weight is 346 g/mol. The van der Waals surface area contributed by atoms with Crippen LogP contribution in [-0.2, 0) is 14.9 Å². The summed E-state index contributed by atoms with van der Waals surface area (Å²) in [6, 6.07) is 9.25. The zero-order valence-electron chi connectivity index (χ0n) is 14.3. The number of hydrogen-bond donors (Lipinski definition) is 2. The van der Waals surface area contributed by atoms with Crippen LogP contribution in [0.4, 0.5) is 16.2 Å². The van der Waals surface area contributed by atoms with Gasteiger partial charge in [0.25, 0.3) is 0 Å². The van der Waals surface area contributed by atoms with Crippen molar-refractivity contribution in [3.05, 3.63) is 46.2 Å². The largest absolute Gasteiger partial charge is 0.450 e. The fourth-order valence-corrected chi connectivity index (χ4v) is 3.06. The molecule has 0 radical (unpaired) electrons. The highest BCUT2D eigenvalue weighted by molar-refractivity contribution is 7.10. The first kappa shape index (κ1) is 18.0. The van der Waals surface area contributed by atoms with Gasteiger partial charge in [-0.3, -0.25) is 10.1 Å². The van der Waals surface area contributed by atoms with Crippen LogP contribution in [0, 0.1) is 6.92 Å². The molecule has 0 aliphatic heterocycles. The molecular weight excluding hydrogens is 324 g/mol. The van der Waals surface area contributed by atoms with Crippen molar-refractivity contribution in [2.75, 3.05) is 17.2 Å². The smallest absolute Gasteiger partial charge is 0.411 e. The van der Waals surface area contributed by atoms with E-state index >= 15 is 0 Å². The zero-order chi connectivity index (χ0) is 17.7. The number of hydrogen-bond acceptors (Lipinski definition) is 4. The summed E-state index contributed by atoms with van der Waals surface area (Å²) >= 11 is 1.56. The van der Waals surface area contributed by atoms with Crippen molar-refractivity contribution < 1.29 is 14.3 Å². The number of anilines is 2. The van der Waals surface area contributed by atoms with Gasteiger partial charge in [-0.05, 0) is 56.8 Å². The van der Waals surface area contributed by atoms with Crippen LogP contribution in [0.1, 0.15) is 31.2 Å². The summed E-state index contributed by atoms with van der Waals surface area (Å²) in [6.07, 6.45) is -0.511. The third kappa shape index (κ3) is 3.94. The van der Waals surface area contributed by atoms with Crippen LogP contribution >= 0.6 is 11.3 Å². The normalized spacial score (nSPS) is 11.0. The van der Waals surface area contributed by atoms with Crippen molar-refractivity contribution in [3.8, 4) is 0 Å². The Bertz CT molecular complexity index is 724. The van der Waals surface area contributed by atoms with E-state index in [1.165, 1.54) is 0 Å². The molecule has 0 aliphatic carbocycles. The maximum atomic E-state index is 12.7. The molecule has 0 saturated carbocycles. The van der Waals surface area contributed by atoms with Crippen LogP contribution < -0.4 is 10.6 Å². The quantitative estimate of drug-likeness (QED) is 0.835. The number of carbonyl (C=O) groups is 2. The summed E-state index contributed by atoms with van der Waals surface area (Å²) in [5, 5.41) is 7.60. The molecule has 2 N–H and O–H groups in total. The zero-order valence-corrected chi connectivity index (χ0v) is 15.1. The number of amides is 2. The second kappa shape index (κ2) is 7.49. The standard InChI is InChI=1S/C18H22N2O3S/c1-5-23-17(22)20-14-9-6-8-13(12(14)2)19-16(21)18(3,4)15-10-7-11-24-15/h6-11H,5H2,1-4H3,(H,19,21)(H,20,22). The average Bonchev–Trinajstić information content (AvgIpc) is 3.06. The van der Waals surface area contributed by atoms with E-state index in [2.05, 4.69) is 10.6 Å². The molecule has 0 fully saturated rings. The minimum atomic E-state index is -0.634. The van der Waals surface area contributed by atoms with Crippen molar-refractivity contribution in [2.45, 2.75) is 33.1 Å². The molecule has 2 rings (SSSR count). The van der Waals surface area contributed by atoms with Crippen LogP contribution in [0.5, 0.6) is 0 Å². The SMILES string of the molecule is CCOC(=O)Nc1cccc(NC(=O)C(C)(C)c2cccs2)c1C. The van der Waals surface area contributed by atoms with Crippen LogP contribution in [0.25, 0.3) is 0 Å². The molecule has 2 amide bonds. The van der Waals surface area contributed by atoms with Gasteiger partial charge in [0.1, 0.15) is 0 Å². The molecule has 1 aromatic carbocycles. The summed E-state index contributed by atoms with van der Waals surface area (Å²) in [6.45, 7) is 7.68. The summed E-state index contributed by atoms with van der Waals surface area (Å²) in [4.78, 5) is 25.3. The number of thiophene rings is 1. The molecule has 0 saturated heterocycles. The minimum Gasteiger partial charge on any atom is -0.450 e. The van der Waals surface area contributed by atoms with Gasteiger partial charge in [0.2, 0.25) is 5.91 Å². The highest BCUT2D eigenvalue weighted by atomic mass is 32.1. The lowest BCUT2D eigenvalue weighted by Crippen LogP contribution is -2.34. The Kier molecular flexibility index (Phi) is 5.62. The van der Waals surface area contributed by atoms with Crippen LogP contribution in [-0.4, -0.2) is 18.6 Å². The predicted octanol–water partition coefficient (Wildman–Crippen LogP) is 4.54. The highest BCUT2D eigenvalue weighted by Gasteiger charge is 2.31. The summed E-state index contributed by atoms with van der Waals surface area (Å²) in [7, 11) is 0. The third-order valence-corrected chi connectivity index (χ3v) is 4.99. The fourth-order valence-electron chi connectivity index (χ4n) is 2.21. The van der Waals surface area contributed by atoms with E-state index in [0.717, 1.165) is 10.4 Å². The maximum absolute atomic E-state index is 12.7. The molecule has 0 bridgehead atoms. The molecule has 1 heterocycles. The lowest BCUT2D eigenvalue weighted by atomic mass is 9.90. The number of carbonyl (C=O) groups excluding carboxylic acids is 2. The van der Waals surface area contributed by atoms with E-state index in [9.17, 15) is 9.59 Å². The van der Waals surface area contributed by atoms with E-state index < -0.39 is 11.5 Å². The molecular formula is C18H22N2O3S. The Morgan fingerprint density at radius 2 is 1.79 bits per heavy atom. The monoisotopic (exact) mass is 346 g/mol. The Morgan fingerprint density at radius 3 is 2.38 bits per heavy atom. The topological polar surface area (TPSA) is 67.4 Å². The molecule has 0 spiro atoms. The van der Waals surface area contributed by atoms with Gasteiger partial charge >= 0.3 is 6.09 Å². The second-order valence-electron chi connectivity index (χ2n) is 5.88. The maximum Gasteiger partial charge on any atom is 0.411 e. The summed E-state index contributed by atoms with van der Waals surface area (Å²) in [5.74, 6) is -0.0960. The van der Waals surface area contributed by atoms with Gasteiger partial charge in [-0.15, -0.1) is 11.3 Å². The first-order valence-corrected chi connectivity index (χ1v) is 8.63. The molecule has 128 valence electrons. The molecule has 5 nitrogen and oxygen atoms in total. The Balaban J connectivity index is 2.18. The Hall–Kier alpha value is -2.34. The molecule has 24 heavy (non-hydrogen) atoms. The summed E-state index contributed by atoms with van der Waals surface area (Å²) < 4.78 is 4.89. The van der Waals surface area contributed by atoms with Gasteiger partial charge < -0.3 is 10.1 Å². The lowest BCUT2D eigenvalue weighted by Gasteiger charge is -2.23. The fraction of sp³-hybridized carbons (Fsp3) is 0.333. The van der Waals surface area contributed by atoms with Crippen molar-refractivity contribution >= 4 is 34.7 Å². The number of benzene rings is 1. The van der Waals surface area contributed by atoms with Gasteiger partial charge in [0.15, 0.2) is 0 Å². The minimum absolute atomic E-state index is 0.0960. The van der Waals surface area contributed by atoms with E-state index in [1.54, 1.807) is 30.4 Å². The van der Waals surface area contributed by atoms with Crippen molar-refractivity contribution in [3.63, 3.8) is 0 Å². The number of ether oxygens (including phenoxy) is 1. The van der Waals surface area contributed by atoms with Crippen LogP contribution in [0.3, 0.4) is 0 Å². The molecule has 1 aromatic heterocycles. The number of nitrogens with one attached hydrogen (secondary N) is 2. The molecule has 0 aliphatic rings. The highest BCUT2D eigenvalue weighted by Crippen LogP contribution is 2.30. The Labute approximate surface area is 146 Å². The van der Waals surface area contributed by atoms with E-state index in [1.807, 2.05) is 44.4 Å². The van der Waals surface area contributed by atoms with Gasteiger partial charge in [-0.1, -0.05) is 12.1 Å². The molecule has 2 aromatic rings. The molecule has 0 unspecified atom stereocenters. The molecule has 0 atom stereocenters. The van der Waals surface area contributed by atoms with Gasteiger partial charge in [0.05, 0.1) is 12.0 Å². The first-order valence-electron chi connectivity index (χ1n) is 7.75. The third-order valence-electron chi connectivity index (χ3n) is 3.80. The van der Waals surface area contributed by atoms with Crippen LogP contribution in [0.2, 0.25) is 0 Å². The van der Waals surface area contributed by atoms with Gasteiger partial charge in [-0.2, -0.15) is 0 Å². The number of rotatable bonds is 5. The van der Waals surface area contributed by atoms with E-state index in [-0.39, 0.29) is 5.91 Å². The van der Waals surface area contributed by atoms with E-state index in [0.29, 0.717) is 18.0 Å². The first-order chi connectivity index (χ1) is 11.4. The van der Waals surface area contributed by atoms with Crippen LogP contribution in [0.15, 0.2) is 35.7 Å². The lowest BCUT2D eigenvalue weighted by molar-refractivity contribution is -0.120.